The number of rotatable bonds is 6. The van der Waals surface area contributed by atoms with Crippen LogP contribution in [0.25, 0.3) is 10.8 Å². The number of fused-ring (bicyclic) bond motifs is 1. The van der Waals surface area contributed by atoms with Crippen LogP contribution in [0, 0.1) is 0 Å². The molecule has 29 heavy (non-hydrogen) atoms. The van der Waals surface area contributed by atoms with Gasteiger partial charge in [-0.15, -0.1) is 0 Å². The molecule has 1 unspecified atom stereocenters. The third-order valence-corrected chi connectivity index (χ3v) is 4.72. The molecule has 0 radical (unpaired) electrons. The largest absolute Gasteiger partial charge is 0.476 e. The summed E-state index contributed by atoms with van der Waals surface area (Å²) in [6.45, 7) is 2.22. The molecule has 4 aromatic rings. The van der Waals surface area contributed by atoms with Gasteiger partial charge in [-0.1, -0.05) is 42.5 Å². The summed E-state index contributed by atoms with van der Waals surface area (Å²) in [5, 5.41) is 22.3. The zero-order valence-corrected chi connectivity index (χ0v) is 15.7. The first kappa shape index (κ1) is 18.4. The topological polar surface area (TPSA) is 102 Å². The van der Waals surface area contributed by atoms with E-state index < -0.39 is 12.0 Å². The van der Waals surface area contributed by atoms with Crippen molar-refractivity contribution in [2.24, 2.45) is 0 Å². The second kappa shape index (κ2) is 7.59. The van der Waals surface area contributed by atoms with Gasteiger partial charge >= 0.3 is 5.97 Å². The highest BCUT2D eigenvalue weighted by molar-refractivity contribution is 5.93. The molecule has 2 N–H and O–H groups in total. The van der Waals surface area contributed by atoms with Gasteiger partial charge in [-0.05, 0) is 29.3 Å². The first-order chi connectivity index (χ1) is 14.0. The Kier molecular flexibility index (Phi) is 4.82. The molecule has 1 amide bonds. The Morgan fingerprint density at radius 2 is 1.93 bits per heavy atom. The number of aromatic carboxylic acids is 1. The first-order valence-electron chi connectivity index (χ1n) is 9.09. The Balaban J connectivity index is 1.46. The number of carbonyl (C=O) groups excluding carboxylic acids is 1. The van der Waals surface area contributed by atoms with Crippen molar-refractivity contribution in [1.29, 1.82) is 0 Å². The predicted octanol–water partition coefficient (Wildman–Crippen LogP) is 3.18. The van der Waals surface area contributed by atoms with Crippen LogP contribution in [0.5, 0.6) is 0 Å². The Morgan fingerprint density at radius 1 is 1.14 bits per heavy atom. The van der Waals surface area contributed by atoms with E-state index in [2.05, 4.69) is 39.8 Å². The lowest BCUT2D eigenvalue weighted by Crippen LogP contribution is -2.24. The molecule has 2 aromatic carbocycles. The van der Waals surface area contributed by atoms with Gasteiger partial charge in [-0.25, -0.2) is 4.79 Å². The molecule has 0 saturated carbocycles. The summed E-state index contributed by atoms with van der Waals surface area (Å²) in [6, 6.07) is 15.0. The number of benzene rings is 2. The summed E-state index contributed by atoms with van der Waals surface area (Å²) in [6.07, 6.45) is 4.82. The molecule has 146 valence electrons. The van der Waals surface area contributed by atoms with Crippen LogP contribution < -0.4 is 5.32 Å². The molecule has 8 heteroatoms. The van der Waals surface area contributed by atoms with Crippen molar-refractivity contribution in [3.8, 4) is 0 Å². The van der Waals surface area contributed by atoms with E-state index in [4.69, 9.17) is 5.11 Å². The number of carboxylic acids is 1. The van der Waals surface area contributed by atoms with E-state index in [0.717, 1.165) is 10.9 Å². The minimum Gasteiger partial charge on any atom is -0.476 e. The van der Waals surface area contributed by atoms with Gasteiger partial charge in [0.1, 0.15) is 6.04 Å². The van der Waals surface area contributed by atoms with E-state index in [1.807, 2.05) is 18.2 Å². The van der Waals surface area contributed by atoms with Crippen LogP contribution in [0.15, 0.2) is 67.1 Å². The van der Waals surface area contributed by atoms with Crippen LogP contribution in [0.4, 0.5) is 5.69 Å². The summed E-state index contributed by atoms with van der Waals surface area (Å²) < 4.78 is 3.08. The predicted molar refractivity (Wildman–Crippen MR) is 108 cm³/mol. The Morgan fingerprint density at radius 3 is 2.72 bits per heavy atom. The average Bonchev–Trinajstić information content (AvgIpc) is 3.37. The van der Waals surface area contributed by atoms with Crippen LogP contribution in [0.1, 0.15) is 29.0 Å². The lowest BCUT2D eigenvalue weighted by atomic mass is 10.0. The molecule has 0 saturated heterocycles. The van der Waals surface area contributed by atoms with Crippen molar-refractivity contribution in [2.45, 2.75) is 19.5 Å². The van der Waals surface area contributed by atoms with Crippen LogP contribution in [-0.4, -0.2) is 36.5 Å². The summed E-state index contributed by atoms with van der Waals surface area (Å²) in [5.74, 6) is -1.44. The molecule has 0 aliphatic heterocycles. The SMILES string of the molecule is CC(C(=O)Nc1cnn(Cc2cccc3ccccc23)c1)n1ccc(C(=O)O)n1. The van der Waals surface area contributed by atoms with E-state index in [1.54, 1.807) is 24.0 Å². The van der Waals surface area contributed by atoms with Gasteiger partial charge in [0.05, 0.1) is 18.4 Å². The molecule has 4 rings (SSSR count). The summed E-state index contributed by atoms with van der Waals surface area (Å²) in [7, 11) is 0. The van der Waals surface area contributed by atoms with Crippen molar-refractivity contribution < 1.29 is 14.7 Å². The van der Waals surface area contributed by atoms with Gasteiger partial charge in [0.25, 0.3) is 0 Å². The molecule has 8 nitrogen and oxygen atoms in total. The van der Waals surface area contributed by atoms with E-state index >= 15 is 0 Å². The highest BCUT2D eigenvalue weighted by atomic mass is 16.4. The highest BCUT2D eigenvalue weighted by Gasteiger charge is 2.18. The summed E-state index contributed by atoms with van der Waals surface area (Å²) in [4.78, 5) is 23.4. The van der Waals surface area contributed by atoms with Gasteiger partial charge in [0.15, 0.2) is 5.69 Å². The zero-order chi connectivity index (χ0) is 20.4. The fourth-order valence-corrected chi connectivity index (χ4v) is 3.15. The van der Waals surface area contributed by atoms with Crippen LogP contribution >= 0.6 is 0 Å². The monoisotopic (exact) mass is 389 g/mol. The summed E-state index contributed by atoms with van der Waals surface area (Å²) >= 11 is 0. The molecular weight excluding hydrogens is 370 g/mol. The third-order valence-electron chi connectivity index (χ3n) is 4.72. The Hall–Kier alpha value is -3.94. The molecule has 0 fully saturated rings. The van der Waals surface area contributed by atoms with E-state index in [1.165, 1.54) is 22.3 Å². The van der Waals surface area contributed by atoms with Gasteiger partial charge < -0.3 is 10.4 Å². The number of hydrogen-bond acceptors (Lipinski definition) is 4. The van der Waals surface area contributed by atoms with Crippen molar-refractivity contribution in [2.75, 3.05) is 5.32 Å². The first-order valence-corrected chi connectivity index (χ1v) is 9.09. The maximum Gasteiger partial charge on any atom is 0.356 e. The lowest BCUT2D eigenvalue weighted by Gasteiger charge is -2.11. The number of aromatic nitrogens is 4. The second-order valence-corrected chi connectivity index (χ2v) is 6.72. The van der Waals surface area contributed by atoms with Gasteiger partial charge in [-0.2, -0.15) is 10.2 Å². The molecule has 0 aliphatic carbocycles. The number of hydrogen-bond donors (Lipinski definition) is 2. The van der Waals surface area contributed by atoms with Gasteiger partial charge in [0, 0.05) is 12.4 Å². The highest BCUT2D eigenvalue weighted by Crippen LogP contribution is 2.20. The fourth-order valence-electron chi connectivity index (χ4n) is 3.15. The molecule has 2 heterocycles. The normalized spacial score (nSPS) is 12.0. The lowest BCUT2D eigenvalue weighted by molar-refractivity contribution is -0.119. The number of nitrogens with one attached hydrogen (secondary N) is 1. The van der Waals surface area contributed by atoms with Crippen LogP contribution in [-0.2, 0) is 11.3 Å². The molecule has 0 bridgehead atoms. The Labute approximate surface area is 166 Å². The van der Waals surface area contributed by atoms with Crippen molar-refractivity contribution in [3.05, 3.63) is 78.4 Å². The maximum atomic E-state index is 12.5. The number of amides is 1. The smallest absolute Gasteiger partial charge is 0.356 e. The number of carboxylic acid groups (broad SMARTS) is 1. The second-order valence-electron chi connectivity index (χ2n) is 6.72. The molecule has 0 spiro atoms. The molecule has 2 aromatic heterocycles. The van der Waals surface area contributed by atoms with Gasteiger partial charge in [0.2, 0.25) is 5.91 Å². The maximum absolute atomic E-state index is 12.5. The summed E-state index contributed by atoms with van der Waals surface area (Å²) in [5.41, 5.74) is 1.59. The van der Waals surface area contributed by atoms with Crippen molar-refractivity contribution >= 4 is 28.3 Å². The number of carbonyl (C=O) groups is 2. The molecule has 0 aliphatic rings. The van der Waals surface area contributed by atoms with Crippen LogP contribution in [0.3, 0.4) is 0 Å². The van der Waals surface area contributed by atoms with E-state index in [9.17, 15) is 9.59 Å². The molecular formula is C21H19N5O3. The van der Waals surface area contributed by atoms with Gasteiger partial charge in [-0.3, -0.25) is 14.2 Å². The zero-order valence-electron chi connectivity index (χ0n) is 15.7. The van der Waals surface area contributed by atoms with Crippen molar-refractivity contribution in [1.82, 2.24) is 19.6 Å². The number of nitrogens with zero attached hydrogens (tertiary/aromatic N) is 4. The third kappa shape index (κ3) is 3.86. The average molecular weight is 389 g/mol. The van der Waals surface area contributed by atoms with E-state index in [0.29, 0.717) is 12.2 Å². The minimum absolute atomic E-state index is 0.104. The standard InChI is InChI=1S/C21H19N5O3/c1-14(26-10-9-19(24-26)21(28)29)20(27)23-17-11-22-25(13-17)12-16-7-4-6-15-5-2-3-8-18(15)16/h2-11,13-14H,12H2,1H3,(H,23,27)(H,28,29). The fraction of sp³-hybridized carbons (Fsp3) is 0.143. The number of anilines is 1. The minimum atomic E-state index is -1.13. The quantitative estimate of drug-likeness (QED) is 0.527. The van der Waals surface area contributed by atoms with Crippen molar-refractivity contribution in [3.63, 3.8) is 0 Å². The molecule has 1 atom stereocenters. The Bertz CT molecular complexity index is 1190. The van der Waals surface area contributed by atoms with Crippen LogP contribution in [0.2, 0.25) is 0 Å². The van der Waals surface area contributed by atoms with E-state index in [-0.39, 0.29) is 11.6 Å².